The van der Waals surface area contributed by atoms with Crippen LogP contribution >= 0.6 is 11.6 Å². The largest absolute Gasteiger partial charge is 0.464 e. The lowest BCUT2D eigenvalue weighted by Gasteiger charge is -2.00. The van der Waals surface area contributed by atoms with Gasteiger partial charge in [-0.2, -0.15) is 0 Å². The highest BCUT2D eigenvalue weighted by Crippen LogP contribution is 2.24. The minimum Gasteiger partial charge on any atom is -0.464 e. The van der Waals surface area contributed by atoms with E-state index >= 15 is 0 Å². The van der Waals surface area contributed by atoms with Gasteiger partial charge in [-0.1, -0.05) is 12.1 Å². The van der Waals surface area contributed by atoms with Crippen molar-refractivity contribution in [2.45, 2.75) is 0 Å². The molecule has 0 bridgehead atoms. The van der Waals surface area contributed by atoms with E-state index in [4.69, 9.17) is 11.6 Å². The van der Waals surface area contributed by atoms with Gasteiger partial charge < -0.3 is 9.72 Å². The van der Waals surface area contributed by atoms with Gasteiger partial charge in [-0.05, 0) is 29.8 Å². The maximum atomic E-state index is 11.5. The van der Waals surface area contributed by atoms with E-state index in [1.54, 1.807) is 18.3 Å². The minimum absolute atomic E-state index is 0.198. The number of aromatic amines is 1. The fourth-order valence-electron chi connectivity index (χ4n) is 2.00. The molecular weight excluding hydrogens is 278 g/mol. The lowest BCUT2D eigenvalue weighted by Crippen LogP contribution is -2.00. The molecule has 3 aromatic rings. The summed E-state index contributed by atoms with van der Waals surface area (Å²) in [4.78, 5) is 22.5. The third kappa shape index (κ3) is 2.23. The number of carbonyl (C=O) groups is 1. The highest BCUT2D eigenvalue weighted by atomic mass is 35.5. The summed E-state index contributed by atoms with van der Waals surface area (Å²) in [6.45, 7) is 0. The summed E-state index contributed by atoms with van der Waals surface area (Å²) in [5.74, 6) is -0.396. The number of rotatable bonds is 2. The number of carbonyl (C=O) groups excluding carboxylic acids is 1. The van der Waals surface area contributed by atoms with Crippen molar-refractivity contribution in [1.82, 2.24) is 15.0 Å². The molecule has 0 aliphatic carbocycles. The summed E-state index contributed by atoms with van der Waals surface area (Å²) in [5.41, 5.74) is 2.86. The first-order chi connectivity index (χ1) is 9.67. The highest BCUT2D eigenvalue weighted by molar-refractivity contribution is 6.28. The quantitative estimate of drug-likeness (QED) is 0.581. The number of nitrogens with one attached hydrogen (secondary N) is 1. The molecule has 2 aromatic heterocycles. The number of aromatic nitrogens is 3. The number of nitrogens with zero attached hydrogens (tertiary/aromatic N) is 2. The van der Waals surface area contributed by atoms with E-state index in [-0.39, 0.29) is 5.28 Å². The van der Waals surface area contributed by atoms with Gasteiger partial charge in [0.2, 0.25) is 5.28 Å². The van der Waals surface area contributed by atoms with Crippen LogP contribution in [0.2, 0.25) is 5.28 Å². The van der Waals surface area contributed by atoms with Crippen LogP contribution in [0.1, 0.15) is 10.5 Å². The highest BCUT2D eigenvalue weighted by Gasteiger charge is 2.10. The van der Waals surface area contributed by atoms with Crippen LogP contribution in [-0.4, -0.2) is 28.0 Å². The van der Waals surface area contributed by atoms with E-state index in [0.717, 1.165) is 22.2 Å². The van der Waals surface area contributed by atoms with Crippen molar-refractivity contribution in [2.24, 2.45) is 0 Å². The minimum atomic E-state index is -0.396. The van der Waals surface area contributed by atoms with E-state index in [1.165, 1.54) is 7.11 Å². The molecule has 0 aliphatic heterocycles. The molecule has 0 aliphatic rings. The molecule has 2 heterocycles. The van der Waals surface area contributed by atoms with Gasteiger partial charge >= 0.3 is 5.97 Å². The van der Waals surface area contributed by atoms with Gasteiger partial charge in [0.05, 0.1) is 12.8 Å². The van der Waals surface area contributed by atoms with Gasteiger partial charge in [-0.25, -0.2) is 14.8 Å². The standard InChI is InChI=1S/C14H10ClN3O2/c1-20-13(19)12-7-9-3-2-8(6-11(9)17-12)10-4-5-16-14(15)18-10/h2-7,17H,1H3. The van der Waals surface area contributed by atoms with Crippen molar-refractivity contribution in [3.8, 4) is 11.3 Å². The SMILES string of the molecule is COC(=O)c1cc2ccc(-c3ccnc(Cl)n3)cc2[nH]1. The molecule has 6 heteroatoms. The number of hydrogen-bond acceptors (Lipinski definition) is 4. The summed E-state index contributed by atoms with van der Waals surface area (Å²) < 4.78 is 4.69. The Morgan fingerprint density at radius 3 is 2.90 bits per heavy atom. The zero-order chi connectivity index (χ0) is 14.1. The van der Waals surface area contributed by atoms with Gasteiger partial charge in [-0.3, -0.25) is 0 Å². The molecule has 0 saturated carbocycles. The first-order valence-corrected chi connectivity index (χ1v) is 6.25. The summed E-state index contributed by atoms with van der Waals surface area (Å²) in [5, 5.41) is 1.12. The van der Waals surface area contributed by atoms with Gasteiger partial charge in [0.1, 0.15) is 5.69 Å². The second kappa shape index (κ2) is 4.94. The van der Waals surface area contributed by atoms with Crippen LogP contribution in [-0.2, 0) is 4.74 Å². The lowest BCUT2D eigenvalue weighted by atomic mass is 10.1. The number of esters is 1. The number of methoxy groups -OCH3 is 1. The molecule has 0 amide bonds. The molecule has 1 N–H and O–H groups in total. The molecule has 0 unspecified atom stereocenters. The molecule has 100 valence electrons. The Balaban J connectivity index is 2.08. The Morgan fingerprint density at radius 1 is 1.30 bits per heavy atom. The van der Waals surface area contributed by atoms with Crippen molar-refractivity contribution in [3.63, 3.8) is 0 Å². The van der Waals surface area contributed by atoms with E-state index in [9.17, 15) is 4.79 Å². The van der Waals surface area contributed by atoms with E-state index < -0.39 is 5.97 Å². The van der Waals surface area contributed by atoms with Crippen LogP contribution in [0, 0.1) is 0 Å². The Labute approximate surface area is 119 Å². The first-order valence-electron chi connectivity index (χ1n) is 5.87. The van der Waals surface area contributed by atoms with Gasteiger partial charge in [0, 0.05) is 22.7 Å². The van der Waals surface area contributed by atoms with E-state index in [2.05, 4.69) is 19.7 Å². The number of halogens is 1. The van der Waals surface area contributed by atoms with Gasteiger partial charge in [0.15, 0.2) is 0 Å². The molecule has 0 radical (unpaired) electrons. The second-order valence-corrected chi connectivity index (χ2v) is 4.53. The number of fused-ring (bicyclic) bond motifs is 1. The average molecular weight is 288 g/mol. The van der Waals surface area contributed by atoms with Gasteiger partial charge in [-0.15, -0.1) is 0 Å². The topological polar surface area (TPSA) is 67.9 Å². The van der Waals surface area contributed by atoms with E-state index in [1.807, 2.05) is 18.2 Å². The van der Waals surface area contributed by atoms with Crippen molar-refractivity contribution >= 4 is 28.5 Å². The number of hydrogen-bond donors (Lipinski definition) is 1. The molecule has 0 spiro atoms. The summed E-state index contributed by atoms with van der Waals surface area (Å²) in [7, 11) is 1.35. The van der Waals surface area contributed by atoms with Crippen molar-refractivity contribution in [1.29, 1.82) is 0 Å². The predicted octanol–water partition coefficient (Wildman–Crippen LogP) is 3.06. The molecular formula is C14H10ClN3O2. The van der Waals surface area contributed by atoms with Crippen LogP contribution in [0.25, 0.3) is 22.2 Å². The van der Waals surface area contributed by atoms with Crippen LogP contribution in [0.4, 0.5) is 0 Å². The predicted molar refractivity (Wildman–Crippen MR) is 75.7 cm³/mol. The van der Waals surface area contributed by atoms with E-state index in [0.29, 0.717) is 5.69 Å². The molecule has 0 fully saturated rings. The number of H-pyrrole nitrogens is 1. The fourth-order valence-corrected chi connectivity index (χ4v) is 2.15. The summed E-state index contributed by atoms with van der Waals surface area (Å²) in [6.07, 6.45) is 1.60. The average Bonchev–Trinajstić information content (AvgIpc) is 2.89. The first kappa shape index (κ1) is 12.6. The molecule has 3 rings (SSSR count). The van der Waals surface area contributed by atoms with Crippen LogP contribution < -0.4 is 0 Å². The van der Waals surface area contributed by atoms with Gasteiger partial charge in [0.25, 0.3) is 0 Å². The molecule has 5 nitrogen and oxygen atoms in total. The normalized spacial score (nSPS) is 10.7. The fraction of sp³-hybridized carbons (Fsp3) is 0.0714. The molecule has 20 heavy (non-hydrogen) atoms. The Kier molecular flexibility index (Phi) is 3.12. The Morgan fingerprint density at radius 2 is 2.15 bits per heavy atom. The molecule has 0 atom stereocenters. The molecule has 0 saturated heterocycles. The maximum Gasteiger partial charge on any atom is 0.354 e. The van der Waals surface area contributed by atoms with Crippen molar-refractivity contribution in [3.05, 3.63) is 47.5 Å². The Bertz CT molecular complexity index is 798. The third-order valence-electron chi connectivity index (χ3n) is 2.95. The molecule has 1 aromatic carbocycles. The van der Waals surface area contributed by atoms with Crippen molar-refractivity contribution in [2.75, 3.05) is 7.11 Å². The Hall–Kier alpha value is -2.40. The van der Waals surface area contributed by atoms with Crippen LogP contribution in [0.15, 0.2) is 36.5 Å². The van der Waals surface area contributed by atoms with Crippen molar-refractivity contribution < 1.29 is 9.53 Å². The zero-order valence-corrected chi connectivity index (χ0v) is 11.3. The lowest BCUT2D eigenvalue weighted by molar-refractivity contribution is 0.0595. The van der Waals surface area contributed by atoms with Crippen LogP contribution in [0.3, 0.4) is 0 Å². The summed E-state index contributed by atoms with van der Waals surface area (Å²) >= 11 is 5.79. The zero-order valence-electron chi connectivity index (χ0n) is 10.6. The summed E-state index contributed by atoms with van der Waals surface area (Å²) in [6, 6.07) is 9.25. The number of benzene rings is 1. The smallest absolute Gasteiger partial charge is 0.354 e. The third-order valence-corrected chi connectivity index (χ3v) is 3.13. The second-order valence-electron chi connectivity index (χ2n) is 4.19. The monoisotopic (exact) mass is 287 g/mol. The number of ether oxygens (including phenoxy) is 1. The maximum absolute atomic E-state index is 11.5. The van der Waals surface area contributed by atoms with Crippen LogP contribution in [0.5, 0.6) is 0 Å².